The molecule has 1 aliphatic heterocycles. The summed E-state index contributed by atoms with van der Waals surface area (Å²) in [4.78, 5) is 10.3. The van der Waals surface area contributed by atoms with Crippen molar-refractivity contribution in [3.63, 3.8) is 0 Å². The standard InChI is InChI=1S/C22H21N3O3/c26-22(17-8-11-19(12-9-17)25(27)28)14-23-18-10-7-16-6-5-15-3-1-2-4-20(15)24-21(16)13-18/h1-4,7-13,22-24,26H,5-6,14H2. The number of aliphatic hydroxyl groups is 1. The molecule has 4 rings (SSSR count). The zero-order chi connectivity index (χ0) is 19.5. The summed E-state index contributed by atoms with van der Waals surface area (Å²) in [7, 11) is 0. The maximum atomic E-state index is 10.7. The van der Waals surface area contributed by atoms with Crippen molar-refractivity contribution < 1.29 is 10.0 Å². The number of non-ortho nitro benzene ring substituents is 1. The smallest absolute Gasteiger partial charge is 0.269 e. The minimum atomic E-state index is -0.756. The van der Waals surface area contributed by atoms with Crippen molar-refractivity contribution >= 4 is 22.7 Å². The van der Waals surface area contributed by atoms with Crippen LogP contribution in [0.15, 0.2) is 66.7 Å². The van der Waals surface area contributed by atoms with E-state index < -0.39 is 11.0 Å². The molecule has 0 radical (unpaired) electrons. The maximum absolute atomic E-state index is 10.7. The van der Waals surface area contributed by atoms with Gasteiger partial charge in [0.05, 0.1) is 11.0 Å². The number of nitrogens with zero attached hydrogens (tertiary/aromatic N) is 1. The normalized spacial score (nSPS) is 13.5. The average molecular weight is 375 g/mol. The molecule has 6 heteroatoms. The van der Waals surface area contributed by atoms with Gasteiger partial charge < -0.3 is 15.7 Å². The summed E-state index contributed by atoms with van der Waals surface area (Å²) in [6, 6.07) is 20.5. The molecule has 0 aromatic heterocycles. The van der Waals surface area contributed by atoms with E-state index in [1.54, 1.807) is 12.1 Å². The van der Waals surface area contributed by atoms with Crippen LogP contribution >= 0.6 is 0 Å². The van der Waals surface area contributed by atoms with Crippen LogP contribution in [0.4, 0.5) is 22.7 Å². The van der Waals surface area contributed by atoms with E-state index in [9.17, 15) is 15.2 Å². The van der Waals surface area contributed by atoms with Gasteiger partial charge in [-0.2, -0.15) is 0 Å². The zero-order valence-electron chi connectivity index (χ0n) is 15.3. The van der Waals surface area contributed by atoms with Gasteiger partial charge in [0.2, 0.25) is 0 Å². The number of nitro benzene ring substituents is 1. The summed E-state index contributed by atoms with van der Waals surface area (Å²) in [5.74, 6) is 0. The Morgan fingerprint density at radius 1 is 1.00 bits per heavy atom. The highest BCUT2D eigenvalue weighted by Gasteiger charge is 2.14. The maximum Gasteiger partial charge on any atom is 0.269 e. The molecule has 1 heterocycles. The predicted octanol–water partition coefficient (Wildman–Crippen LogP) is 4.58. The first-order chi connectivity index (χ1) is 13.6. The van der Waals surface area contributed by atoms with Crippen LogP contribution in [0, 0.1) is 10.1 Å². The van der Waals surface area contributed by atoms with E-state index in [-0.39, 0.29) is 5.69 Å². The molecule has 28 heavy (non-hydrogen) atoms. The number of fused-ring (bicyclic) bond motifs is 2. The summed E-state index contributed by atoms with van der Waals surface area (Å²) >= 11 is 0. The Morgan fingerprint density at radius 2 is 1.71 bits per heavy atom. The van der Waals surface area contributed by atoms with Crippen LogP contribution in [0.1, 0.15) is 22.8 Å². The number of hydrogen-bond acceptors (Lipinski definition) is 5. The molecule has 1 atom stereocenters. The van der Waals surface area contributed by atoms with Gasteiger partial charge >= 0.3 is 0 Å². The van der Waals surface area contributed by atoms with Crippen molar-refractivity contribution in [3.8, 4) is 0 Å². The molecule has 0 spiro atoms. The molecule has 3 N–H and O–H groups in total. The first-order valence-corrected chi connectivity index (χ1v) is 9.24. The quantitative estimate of drug-likeness (QED) is 0.449. The number of hydrogen-bond donors (Lipinski definition) is 3. The number of benzene rings is 3. The van der Waals surface area contributed by atoms with Gasteiger partial charge in [0.1, 0.15) is 0 Å². The van der Waals surface area contributed by atoms with E-state index >= 15 is 0 Å². The molecule has 0 saturated carbocycles. The van der Waals surface area contributed by atoms with Crippen LogP contribution in [0.3, 0.4) is 0 Å². The molecule has 142 valence electrons. The minimum absolute atomic E-state index is 0.0148. The fraction of sp³-hybridized carbons (Fsp3) is 0.182. The molecule has 3 aromatic rings. The number of rotatable bonds is 5. The lowest BCUT2D eigenvalue weighted by molar-refractivity contribution is -0.384. The van der Waals surface area contributed by atoms with E-state index in [4.69, 9.17) is 0 Å². The van der Waals surface area contributed by atoms with Crippen molar-refractivity contribution in [2.75, 3.05) is 17.2 Å². The average Bonchev–Trinajstić information content (AvgIpc) is 2.90. The molecule has 1 aliphatic rings. The van der Waals surface area contributed by atoms with Gasteiger partial charge in [-0.3, -0.25) is 10.1 Å². The summed E-state index contributed by atoms with van der Waals surface area (Å²) in [5, 5.41) is 27.9. The number of nitro groups is 1. The summed E-state index contributed by atoms with van der Waals surface area (Å²) in [5.41, 5.74) is 6.33. The summed E-state index contributed by atoms with van der Waals surface area (Å²) in [6.07, 6.45) is 1.22. The minimum Gasteiger partial charge on any atom is -0.387 e. The summed E-state index contributed by atoms with van der Waals surface area (Å²) in [6.45, 7) is 0.313. The van der Waals surface area contributed by atoms with Crippen LogP contribution in [-0.2, 0) is 12.8 Å². The van der Waals surface area contributed by atoms with Gasteiger partial charge in [-0.05, 0) is 59.9 Å². The number of aliphatic hydroxyl groups excluding tert-OH is 1. The lowest BCUT2D eigenvalue weighted by atomic mass is 10.0. The molecule has 0 aliphatic carbocycles. The van der Waals surface area contributed by atoms with Crippen molar-refractivity contribution in [2.45, 2.75) is 18.9 Å². The number of para-hydroxylation sites is 1. The van der Waals surface area contributed by atoms with Crippen LogP contribution in [0.2, 0.25) is 0 Å². The van der Waals surface area contributed by atoms with E-state index in [0.29, 0.717) is 12.1 Å². The van der Waals surface area contributed by atoms with Crippen LogP contribution < -0.4 is 10.6 Å². The molecular formula is C22H21N3O3. The first kappa shape index (κ1) is 18.0. The monoisotopic (exact) mass is 375 g/mol. The first-order valence-electron chi connectivity index (χ1n) is 9.24. The van der Waals surface area contributed by atoms with Crippen LogP contribution in [-0.4, -0.2) is 16.6 Å². The third-order valence-corrected chi connectivity index (χ3v) is 5.05. The molecule has 1 unspecified atom stereocenters. The molecule has 0 saturated heterocycles. The van der Waals surface area contributed by atoms with Gasteiger partial charge in [-0.15, -0.1) is 0 Å². The fourth-order valence-electron chi connectivity index (χ4n) is 3.45. The van der Waals surface area contributed by atoms with Gasteiger partial charge in [0.25, 0.3) is 5.69 Å². The van der Waals surface area contributed by atoms with Gasteiger partial charge in [0.15, 0.2) is 0 Å². The molecular weight excluding hydrogens is 354 g/mol. The van der Waals surface area contributed by atoms with E-state index in [1.807, 2.05) is 12.1 Å². The van der Waals surface area contributed by atoms with Gasteiger partial charge in [0, 0.05) is 35.7 Å². The number of anilines is 3. The highest BCUT2D eigenvalue weighted by Crippen LogP contribution is 2.32. The third kappa shape index (κ3) is 3.82. The van der Waals surface area contributed by atoms with E-state index in [1.165, 1.54) is 23.3 Å². The van der Waals surface area contributed by atoms with Crippen molar-refractivity contribution in [1.29, 1.82) is 0 Å². The Bertz CT molecular complexity index is 1000. The molecule has 0 fully saturated rings. The second-order valence-electron chi connectivity index (χ2n) is 6.90. The Hall–Kier alpha value is -3.38. The SMILES string of the molecule is O=[N+]([O-])c1ccc(C(O)CNc2ccc3c(c2)Nc2ccccc2CC3)cc1. The van der Waals surface area contributed by atoms with Crippen LogP contribution in [0.5, 0.6) is 0 Å². The topological polar surface area (TPSA) is 87.4 Å². The number of aryl methyl sites for hydroxylation is 2. The van der Waals surface area contributed by atoms with E-state index in [2.05, 4.69) is 41.0 Å². The van der Waals surface area contributed by atoms with Crippen molar-refractivity contribution in [3.05, 3.63) is 93.5 Å². The lowest BCUT2D eigenvalue weighted by Crippen LogP contribution is -2.12. The largest absolute Gasteiger partial charge is 0.387 e. The highest BCUT2D eigenvalue weighted by atomic mass is 16.6. The zero-order valence-corrected chi connectivity index (χ0v) is 15.3. The second-order valence-corrected chi connectivity index (χ2v) is 6.90. The molecule has 3 aromatic carbocycles. The Kier molecular flexibility index (Phi) is 4.95. The van der Waals surface area contributed by atoms with Crippen molar-refractivity contribution in [1.82, 2.24) is 0 Å². The molecule has 0 bridgehead atoms. The predicted molar refractivity (Wildman–Crippen MR) is 110 cm³/mol. The summed E-state index contributed by atoms with van der Waals surface area (Å²) < 4.78 is 0. The Balaban J connectivity index is 1.45. The van der Waals surface area contributed by atoms with Crippen molar-refractivity contribution in [2.24, 2.45) is 0 Å². The number of nitrogens with one attached hydrogen (secondary N) is 2. The van der Waals surface area contributed by atoms with E-state index in [0.717, 1.165) is 29.9 Å². The molecule has 6 nitrogen and oxygen atoms in total. The van der Waals surface area contributed by atoms with Crippen LogP contribution in [0.25, 0.3) is 0 Å². The lowest BCUT2D eigenvalue weighted by Gasteiger charge is -2.15. The fourth-order valence-corrected chi connectivity index (χ4v) is 3.45. The Labute approximate surface area is 163 Å². The second kappa shape index (κ2) is 7.70. The highest BCUT2D eigenvalue weighted by molar-refractivity contribution is 5.71. The molecule has 0 amide bonds. The van der Waals surface area contributed by atoms with Gasteiger partial charge in [-0.25, -0.2) is 0 Å². The third-order valence-electron chi connectivity index (χ3n) is 5.05. The Morgan fingerprint density at radius 3 is 2.46 bits per heavy atom. The van der Waals surface area contributed by atoms with Gasteiger partial charge in [-0.1, -0.05) is 24.3 Å².